The number of aromatic amines is 1. The number of benzene rings is 1. The Kier molecular flexibility index (Phi) is 1.98. The van der Waals surface area contributed by atoms with Crippen molar-refractivity contribution in [1.82, 2.24) is 10.2 Å². The molecule has 74 valence electrons. The van der Waals surface area contributed by atoms with Crippen molar-refractivity contribution in [1.29, 1.82) is 0 Å². The van der Waals surface area contributed by atoms with Gasteiger partial charge in [0.2, 0.25) is 0 Å². The molecule has 0 bridgehead atoms. The third-order valence-corrected chi connectivity index (χ3v) is 2.50. The van der Waals surface area contributed by atoms with Gasteiger partial charge in [0.05, 0.1) is 5.52 Å². The zero-order valence-electron chi connectivity index (χ0n) is 7.94. The van der Waals surface area contributed by atoms with E-state index >= 15 is 0 Å². The molecular weight excluding hydrogens is 186 g/mol. The number of nitrogens with zero attached hydrogens (tertiary/aromatic N) is 1. The van der Waals surface area contributed by atoms with Gasteiger partial charge in [0.1, 0.15) is 5.69 Å². The molecule has 1 N–H and O–H groups in total. The van der Waals surface area contributed by atoms with Gasteiger partial charge in [0.15, 0.2) is 0 Å². The third kappa shape index (κ3) is 1.18. The molecule has 0 aliphatic heterocycles. The minimum Gasteiger partial charge on any atom is -0.277 e. The van der Waals surface area contributed by atoms with E-state index < -0.39 is 6.43 Å². The summed E-state index contributed by atoms with van der Waals surface area (Å²) in [5, 5.41) is 6.78. The monoisotopic (exact) mass is 196 g/mol. The second kappa shape index (κ2) is 3.04. The molecule has 0 saturated carbocycles. The second-order valence-electron chi connectivity index (χ2n) is 3.34. The smallest absolute Gasteiger partial charge is 0.277 e. The summed E-state index contributed by atoms with van der Waals surface area (Å²) in [6.45, 7) is 3.73. The number of H-pyrrole nitrogens is 1. The van der Waals surface area contributed by atoms with Crippen molar-refractivity contribution >= 4 is 10.9 Å². The van der Waals surface area contributed by atoms with Crippen LogP contribution < -0.4 is 0 Å². The summed E-state index contributed by atoms with van der Waals surface area (Å²) >= 11 is 0. The number of hydrogen-bond acceptors (Lipinski definition) is 1. The summed E-state index contributed by atoms with van der Waals surface area (Å²) in [5.74, 6) is 0. The lowest BCUT2D eigenvalue weighted by molar-refractivity contribution is 0.147. The fourth-order valence-corrected chi connectivity index (χ4v) is 1.57. The Bertz CT molecular complexity index is 474. The van der Waals surface area contributed by atoms with Gasteiger partial charge in [-0.15, -0.1) is 0 Å². The Morgan fingerprint density at radius 2 is 2.00 bits per heavy atom. The first-order valence-electron chi connectivity index (χ1n) is 4.33. The summed E-state index contributed by atoms with van der Waals surface area (Å²) in [6.07, 6.45) is -2.52. The number of hydrogen-bond donors (Lipinski definition) is 1. The van der Waals surface area contributed by atoms with Crippen LogP contribution in [-0.4, -0.2) is 10.2 Å². The average Bonchev–Trinajstić information content (AvgIpc) is 2.55. The minimum absolute atomic E-state index is 0.152. The maximum atomic E-state index is 12.6. The Morgan fingerprint density at radius 1 is 1.29 bits per heavy atom. The molecule has 1 aromatic carbocycles. The summed E-state index contributed by atoms with van der Waals surface area (Å²) in [7, 11) is 0. The molecule has 0 unspecified atom stereocenters. The van der Waals surface area contributed by atoms with Crippen LogP contribution in [0.15, 0.2) is 12.1 Å². The Balaban J connectivity index is 2.82. The van der Waals surface area contributed by atoms with Crippen molar-refractivity contribution in [3.8, 4) is 0 Å². The van der Waals surface area contributed by atoms with Crippen LogP contribution >= 0.6 is 0 Å². The molecule has 1 aromatic heterocycles. The van der Waals surface area contributed by atoms with Crippen LogP contribution in [0.25, 0.3) is 10.9 Å². The summed E-state index contributed by atoms with van der Waals surface area (Å²) in [5.41, 5.74) is 2.39. The number of aryl methyl sites for hydroxylation is 2. The van der Waals surface area contributed by atoms with E-state index in [0.29, 0.717) is 10.9 Å². The van der Waals surface area contributed by atoms with Crippen LogP contribution in [0.2, 0.25) is 0 Å². The molecule has 0 amide bonds. The van der Waals surface area contributed by atoms with Crippen LogP contribution in [0.4, 0.5) is 8.78 Å². The van der Waals surface area contributed by atoms with Crippen LogP contribution in [0, 0.1) is 13.8 Å². The molecule has 0 aliphatic carbocycles. The van der Waals surface area contributed by atoms with E-state index in [1.54, 1.807) is 6.07 Å². The highest BCUT2D eigenvalue weighted by Crippen LogP contribution is 2.29. The SMILES string of the molecule is Cc1ccc2[nH]nc(C(F)F)c2c1C. The van der Waals surface area contributed by atoms with Gasteiger partial charge in [-0.25, -0.2) is 8.78 Å². The number of rotatable bonds is 1. The van der Waals surface area contributed by atoms with Crippen molar-refractivity contribution in [3.63, 3.8) is 0 Å². The predicted molar refractivity (Wildman–Crippen MR) is 50.5 cm³/mol. The van der Waals surface area contributed by atoms with E-state index in [1.807, 2.05) is 19.9 Å². The number of nitrogens with one attached hydrogen (secondary N) is 1. The largest absolute Gasteiger partial charge is 0.282 e. The first-order valence-corrected chi connectivity index (χ1v) is 4.33. The fourth-order valence-electron chi connectivity index (χ4n) is 1.57. The Labute approximate surface area is 79.9 Å². The quantitative estimate of drug-likeness (QED) is 0.745. The van der Waals surface area contributed by atoms with Crippen molar-refractivity contribution in [2.45, 2.75) is 20.3 Å². The van der Waals surface area contributed by atoms with Gasteiger partial charge >= 0.3 is 0 Å². The maximum absolute atomic E-state index is 12.6. The zero-order chi connectivity index (χ0) is 10.3. The molecule has 0 saturated heterocycles. The van der Waals surface area contributed by atoms with Gasteiger partial charge in [-0.1, -0.05) is 6.07 Å². The molecule has 0 fully saturated rings. The van der Waals surface area contributed by atoms with Gasteiger partial charge in [-0.3, -0.25) is 5.10 Å². The molecule has 0 atom stereocenters. The van der Waals surface area contributed by atoms with Crippen LogP contribution in [0.5, 0.6) is 0 Å². The summed E-state index contributed by atoms with van der Waals surface area (Å²) < 4.78 is 25.1. The van der Waals surface area contributed by atoms with Crippen LogP contribution in [0.1, 0.15) is 23.2 Å². The molecule has 2 rings (SSSR count). The van der Waals surface area contributed by atoms with Gasteiger partial charge in [0, 0.05) is 5.39 Å². The molecule has 0 radical (unpaired) electrons. The highest BCUT2D eigenvalue weighted by Gasteiger charge is 2.17. The standard InChI is InChI=1S/C10H10F2N2/c1-5-3-4-7-8(6(5)2)9(10(11)12)14-13-7/h3-4,10H,1-2H3,(H,13,14). The predicted octanol–water partition coefficient (Wildman–Crippen LogP) is 3.12. The number of aromatic nitrogens is 2. The molecule has 14 heavy (non-hydrogen) atoms. The molecule has 1 heterocycles. The first-order chi connectivity index (χ1) is 6.61. The van der Waals surface area contributed by atoms with Crippen molar-refractivity contribution in [2.75, 3.05) is 0 Å². The van der Waals surface area contributed by atoms with Crippen molar-refractivity contribution in [3.05, 3.63) is 29.0 Å². The lowest BCUT2D eigenvalue weighted by atomic mass is 10.0. The van der Waals surface area contributed by atoms with Gasteiger partial charge < -0.3 is 0 Å². The first kappa shape index (κ1) is 9.12. The normalized spacial score (nSPS) is 11.5. The van der Waals surface area contributed by atoms with E-state index in [4.69, 9.17) is 0 Å². The fraction of sp³-hybridized carbons (Fsp3) is 0.300. The van der Waals surface area contributed by atoms with Crippen LogP contribution in [0.3, 0.4) is 0 Å². The topological polar surface area (TPSA) is 28.7 Å². The lowest BCUT2D eigenvalue weighted by Gasteiger charge is -2.02. The average molecular weight is 196 g/mol. The van der Waals surface area contributed by atoms with E-state index in [0.717, 1.165) is 11.1 Å². The molecule has 4 heteroatoms. The van der Waals surface area contributed by atoms with E-state index in [1.165, 1.54) is 0 Å². The molecule has 0 aliphatic rings. The Morgan fingerprint density at radius 3 is 2.64 bits per heavy atom. The number of alkyl halides is 2. The molecular formula is C10H10F2N2. The summed E-state index contributed by atoms with van der Waals surface area (Å²) in [4.78, 5) is 0. The second-order valence-corrected chi connectivity index (χ2v) is 3.34. The maximum Gasteiger partial charge on any atom is 0.282 e. The third-order valence-electron chi connectivity index (χ3n) is 2.50. The number of halogens is 2. The van der Waals surface area contributed by atoms with Crippen molar-refractivity contribution in [2.24, 2.45) is 0 Å². The Hall–Kier alpha value is -1.45. The number of fused-ring (bicyclic) bond motifs is 1. The molecule has 2 aromatic rings. The highest BCUT2D eigenvalue weighted by atomic mass is 19.3. The van der Waals surface area contributed by atoms with Gasteiger partial charge in [-0.2, -0.15) is 5.10 Å². The zero-order valence-corrected chi connectivity index (χ0v) is 7.94. The summed E-state index contributed by atoms with van der Waals surface area (Å²) in [6, 6.07) is 3.67. The van der Waals surface area contributed by atoms with Crippen LogP contribution in [-0.2, 0) is 0 Å². The van der Waals surface area contributed by atoms with E-state index in [9.17, 15) is 8.78 Å². The van der Waals surface area contributed by atoms with Crippen molar-refractivity contribution < 1.29 is 8.78 Å². The van der Waals surface area contributed by atoms with Gasteiger partial charge in [0.25, 0.3) is 6.43 Å². The lowest BCUT2D eigenvalue weighted by Crippen LogP contribution is -1.88. The highest BCUT2D eigenvalue weighted by molar-refractivity contribution is 5.85. The minimum atomic E-state index is -2.52. The van der Waals surface area contributed by atoms with Gasteiger partial charge in [-0.05, 0) is 31.0 Å². The van der Waals surface area contributed by atoms with E-state index in [-0.39, 0.29) is 5.69 Å². The molecule has 0 spiro atoms. The van der Waals surface area contributed by atoms with E-state index in [2.05, 4.69) is 10.2 Å². The molecule has 2 nitrogen and oxygen atoms in total.